The molecule has 0 spiro atoms. The van der Waals surface area contributed by atoms with Crippen molar-refractivity contribution in [2.24, 2.45) is 4.99 Å². The van der Waals surface area contributed by atoms with Crippen LogP contribution in [0.15, 0.2) is 35.3 Å². The van der Waals surface area contributed by atoms with Crippen LogP contribution < -0.4 is 10.6 Å². The van der Waals surface area contributed by atoms with Gasteiger partial charge in [0.25, 0.3) is 5.69 Å². The highest BCUT2D eigenvalue weighted by Gasteiger charge is 2.42. The summed E-state index contributed by atoms with van der Waals surface area (Å²) in [5.41, 5.74) is -7.32. The van der Waals surface area contributed by atoms with Crippen molar-refractivity contribution in [1.29, 1.82) is 0 Å². The maximum Gasteiger partial charge on any atom is 0.421 e. The number of hydrogen-bond donors (Lipinski definition) is 2. The summed E-state index contributed by atoms with van der Waals surface area (Å²) >= 11 is 0. The molecule has 39 heavy (non-hydrogen) atoms. The molecule has 0 saturated heterocycles. The van der Waals surface area contributed by atoms with Crippen LogP contribution in [0.1, 0.15) is 45.2 Å². The lowest BCUT2D eigenvalue weighted by molar-refractivity contribution is -0.384. The third kappa shape index (κ3) is 6.41. The lowest BCUT2D eigenvalue weighted by atomic mass is 9.87. The number of alkyl halides is 3. The molecule has 0 bridgehead atoms. The van der Waals surface area contributed by atoms with Crippen LogP contribution >= 0.6 is 0 Å². The molecule has 1 atom stereocenters. The number of amides is 2. The maximum atomic E-state index is 14.8. The standard InChI is InChI=1S/C24H24F5N5O5/c1-22(2,3)39-21(36)31-20-32-23(4,11-17(35)33(20)5)12-6-7-13(25)15(10-12)30-19-16(34(37)38)9-8-14(26)18(19)24(27,28)29/h6-10,30H,11H2,1-5H3,(H,31,32,36)/t23-/m0/s1. The van der Waals surface area contributed by atoms with Crippen LogP contribution in [0, 0.1) is 21.7 Å². The van der Waals surface area contributed by atoms with Gasteiger partial charge in [-0.2, -0.15) is 13.2 Å². The number of benzene rings is 2. The van der Waals surface area contributed by atoms with Crippen LogP contribution in [0.25, 0.3) is 0 Å². The maximum absolute atomic E-state index is 14.8. The highest BCUT2D eigenvalue weighted by molar-refractivity contribution is 6.05. The van der Waals surface area contributed by atoms with E-state index >= 15 is 0 Å². The van der Waals surface area contributed by atoms with Crippen molar-refractivity contribution in [3.05, 3.63) is 63.2 Å². The first-order chi connectivity index (χ1) is 17.8. The zero-order chi connectivity index (χ0) is 29.5. The number of nitrogens with one attached hydrogen (secondary N) is 2. The fourth-order valence-electron chi connectivity index (χ4n) is 3.77. The quantitative estimate of drug-likeness (QED) is 0.287. The molecule has 1 aliphatic heterocycles. The molecule has 2 aromatic rings. The second-order valence-electron chi connectivity index (χ2n) is 9.86. The number of guanidine groups is 1. The van der Waals surface area contributed by atoms with Gasteiger partial charge in [-0.1, -0.05) is 6.07 Å². The van der Waals surface area contributed by atoms with Crippen LogP contribution in [-0.4, -0.2) is 40.4 Å². The number of rotatable bonds is 4. The van der Waals surface area contributed by atoms with E-state index in [9.17, 15) is 41.7 Å². The molecule has 10 nitrogen and oxygen atoms in total. The van der Waals surface area contributed by atoms with Gasteiger partial charge in [0, 0.05) is 13.1 Å². The Hall–Kier alpha value is -4.30. The summed E-state index contributed by atoms with van der Waals surface area (Å²) in [5, 5.41) is 15.8. The summed E-state index contributed by atoms with van der Waals surface area (Å²) < 4.78 is 75.0. The summed E-state index contributed by atoms with van der Waals surface area (Å²) in [5.74, 6) is -3.65. The number of carbonyl (C=O) groups excluding carboxylic acids is 2. The van der Waals surface area contributed by atoms with Crippen molar-refractivity contribution in [2.75, 3.05) is 12.4 Å². The third-order valence-corrected chi connectivity index (χ3v) is 5.61. The molecular formula is C24H24F5N5O5. The molecule has 0 radical (unpaired) electrons. The molecule has 2 aromatic carbocycles. The first-order valence-electron chi connectivity index (χ1n) is 11.3. The number of nitro groups is 1. The minimum absolute atomic E-state index is 0.101. The Balaban J connectivity index is 2.09. The number of nitrogens with zero attached hydrogens (tertiary/aromatic N) is 3. The average molecular weight is 557 g/mol. The van der Waals surface area contributed by atoms with Gasteiger partial charge < -0.3 is 10.1 Å². The number of alkyl carbamates (subject to hydrolysis) is 1. The Morgan fingerprint density at radius 1 is 1.15 bits per heavy atom. The summed E-state index contributed by atoms with van der Waals surface area (Å²) in [6.45, 7) is 6.31. The fraction of sp³-hybridized carbons (Fsp3) is 0.375. The van der Waals surface area contributed by atoms with Gasteiger partial charge in [-0.3, -0.25) is 25.1 Å². The Bertz CT molecular complexity index is 1370. The number of ether oxygens (including phenoxy) is 1. The summed E-state index contributed by atoms with van der Waals surface area (Å²) in [6, 6.07) is 3.86. The Morgan fingerprint density at radius 3 is 2.33 bits per heavy atom. The molecular weight excluding hydrogens is 533 g/mol. The second kappa shape index (κ2) is 10.1. The molecule has 0 saturated carbocycles. The highest BCUT2D eigenvalue weighted by Crippen LogP contribution is 2.44. The van der Waals surface area contributed by atoms with Gasteiger partial charge in [0.1, 0.15) is 28.5 Å². The van der Waals surface area contributed by atoms with Crippen LogP contribution in [0.4, 0.5) is 43.8 Å². The van der Waals surface area contributed by atoms with Crippen LogP contribution in [0.3, 0.4) is 0 Å². The normalized spacial score (nSPS) is 17.9. The summed E-state index contributed by atoms with van der Waals surface area (Å²) in [7, 11) is 1.34. The molecule has 1 aliphatic rings. The zero-order valence-electron chi connectivity index (χ0n) is 21.4. The van der Waals surface area contributed by atoms with Crippen molar-refractivity contribution in [1.82, 2.24) is 10.2 Å². The van der Waals surface area contributed by atoms with E-state index in [2.05, 4.69) is 10.3 Å². The van der Waals surface area contributed by atoms with Crippen LogP contribution in [0.5, 0.6) is 0 Å². The van der Waals surface area contributed by atoms with E-state index in [0.29, 0.717) is 6.07 Å². The van der Waals surface area contributed by atoms with Crippen molar-refractivity contribution in [3.63, 3.8) is 0 Å². The number of anilines is 2. The number of halogens is 5. The van der Waals surface area contributed by atoms with Crippen molar-refractivity contribution in [3.8, 4) is 0 Å². The summed E-state index contributed by atoms with van der Waals surface area (Å²) in [6.07, 6.45) is -6.56. The van der Waals surface area contributed by atoms with E-state index in [1.807, 2.05) is 5.32 Å². The van der Waals surface area contributed by atoms with Gasteiger partial charge in [-0.05, 0) is 51.5 Å². The van der Waals surface area contributed by atoms with E-state index < -0.39 is 68.5 Å². The molecule has 0 unspecified atom stereocenters. The van der Waals surface area contributed by atoms with Gasteiger partial charge in [-0.25, -0.2) is 18.6 Å². The largest absolute Gasteiger partial charge is 0.444 e. The summed E-state index contributed by atoms with van der Waals surface area (Å²) in [4.78, 5) is 40.7. The topological polar surface area (TPSA) is 126 Å². The van der Waals surface area contributed by atoms with Gasteiger partial charge in [0.15, 0.2) is 0 Å². The monoisotopic (exact) mass is 557 g/mol. The first kappa shape index (κ1) is 29.3. The second-order valence-corrected chi connectivity index (χ2v) is 9.86. The van der Waals surface area contributed by atoms with Gasteiger partial charge in [-0.15, -0.1) is 0 Å². The minimum Gasteiger partial charge on any atom is -0.444 e. The predicted octanol–water partition coefficient (Wildman–Crippen LogP) is 5.59. The van der Waals surface area contributed by atoms with Crippen LogP contribution in [0.2, 0.25) is 0 Å². The third-order valence-electron chi connectivity index (χ3n) is 5.61. The number of nitro benzene ring substituents is 1. The molecule has 2 amide bonds. The minimum atomic E-state index is -5.36. The lowest BCUT2D eigenvalue weighted by Crippen LogP contribution is -2.52. The van der Waals surface area contributed by atoms with Gasteiger partial charge >= 0.3 is 12.3 Å². The molecule has 15 heteroatoms. The van der Waals surface area contributed by atoms with E-state index in [1.54, 1.807) is 20.8 Å². The Labute approximate surface area is 219 Å². The number of carbonyl (C=O) groups is 2. The molecule has 0 aliphatic carbocycles. The van der Waals surface area contributed by atoms with Crippen molar-refractivity contribution in [2.45, 2.75) is 51.4 Å². The zero-order valence-corrected chi connectivity index (χ0v) is 21.4. The molecule has 3 rings (SSSR count). The average Bonchev–Trinajstić information content (AvgIpc) is 2.76. The molecule has 1 heterocycles. The van der Waals surface area contributed by atoms with Crippen molar-refractivity contribution < 1.29 is 41.2 Å². The van der Waals surface area contributed by atoms with Crippen LogP contribution in [-0.2, 0) is 21.2 Å². The predicted molar refractivity (Wildman–Crippen MR) is 129 cm³/mol. The number of aliphatic imine (C=N–C) groups is 1. The molecule has 210 valence electrons. The number of hydrogen-bond acceptors (Lipinski definition) is 7. The van der Waals surface area contributed by atoms with Gasteiger partial charge in [0.2, 0.25) is 11.9 Å². The van der Waals surface area contributed by atoms with E-state index in [-0.39, 0.29) is 24.0 Å². The Kier molecular flexibility index (Phi) is 7.59. The van der Waals surface area contributed by atoms with E-state index in [1.165, 1.54) is 20.0 Å². The Morgan fingerprint density at radius 2 is 1.77 bits per heavy atom. The fourth-order valence-corrected chi connectivity index (χ4v) is 3.77. The molecule has 0 fully saturated rings. The van der Waals surface area contributed by atoms with Gasteiger partial charge in [0.05, 0.1) is 22.6 Å². The van der Waals surface area contributed by atoms with Crippen molar-refractivity contribution >= 4 is 35.0 Å². The molecule has 2 N–H and O–H groups in total. The SMILES string of the molecule is CN1C(=O)C[C@@](C)(c2ccc(F)c(Nc3c([N+](=O)[O-])ccc(F)c3C(F)(F)F)c2)N=C1NC(=O)OC(C)(C)C. The lowest BCUT2D eigenvalue weighted by Gasteiger charge is -2.35. The highest BCUT2D eigenvalue weighted by atomic mass is 19.4. The van der Waals surface area contributed by atoms with E-state index in [4.69, 9.17) is 4.74 Å². The first-order valence-corrected chi connectivity index (χ1v) is 11.3. The molecule has 0 aromatic heterocycles. The smallest absolute Gasteiger partial charge is 0.421 e. The van der Waals surface area contributed by atoms with E-state index in [0.717, 1.165) is 17.0 Å².